The Kier molecular flexibility index (Phi) is 7.79. The molecule has 4 aromatic rings. The number of nitrogens with one attached hydrogen (secondary N) is 1. The van der Waals surface area contributed by atoms with E-state index in [9.17, 15) is 13.6 Å². The molecular weight excluding hydrogens is 454 g/mol. The van der Waals surface area contributed by atoms with Gasteiger partial charge >= 0.3 is 6.01 Å². The highest BCUT2D eigenvalue weighted by Gasteiger charge is 2.16. The maximum atomic E-state index is 13.9. The molecule has 1 aromatic heterocycles. The molecule has 0 aliphatic carbocycles. The van der Waals surface area contributed by atoms with Gasteiger partial charge in [-0.15, -0.1) is 5.10 Å². The molecule has 0 aliphatic heterocycles. The molecule has 180 valence electrons. The molecule has 0 saturated carbocycles. The molecule has 0 aliphatic rings. The normalized spacial score (nSPS) is 10.8. The predicted molar refractivity (Wildman–Crippen MR) is 127 cm³/mol. The summed E-state index contributed by atoms with van der Waals surface area (Å²) >= 11 is 0. The Balaban J connectivity index is 1.52. The minimum absolute atomic E-state index is 0.122. The first kappa shape index (κ1) is 24.0. The molecule has 1 amide bonds. The van der Waals surface area contributed by atoms with Gasteiger partial charge < -0.3 is 14.8 Å². The zero-order chi connectivity index (χ0) is 24.6. The van der Waals surface area contributed by atoms with E-state index in [0.717, 1.165) is 0 Å². The lowest BCUT2D eigenvalue weighted by Gasteiger charge is -2.09. The largest absolute Gasteiger partial charge is 0.460 e. The Bertz CT molecular complexity index is 1270. The van der Waals surface area contributed by atoms with Crippen LogP contribution in [-0.2, 0) is 16.0 Å². The average molecular weight is 478 g/mol. The zero-order valence-corrected chi connectivity index (χ0v) is 19.1. The van der Waals surface area contributed by atoms with Gasteiger partial charge in [-0.1, -0.05) is 24.3 Å². The molecule has 4 rings (SSSR count). The van der Waals surface area contributed by atoms with Crippen LogP contribution in [0.4, 0.5) is 14.5 Å². The van der Waals surface area contributed by atoms with Crippen LogP contribution in [0.1, 0.15) is 12.5 Å². The Morgan fingerprint density at radius 3 is 2.46 bits per heavy atom. The van der Waals surface area contributed by atoms with E-state index in [1.807, 2.05) is 6.92 Å². The highest BCUT2D eigenvalue weighted by atomic mass is 19.1. The van der Waals surface area contributed by atoms with E-state index in [0.29, 0.717) is 41.5 Å². The lowest BCUT2D eigenvalue weighted by molar-refractivity contribution is -0.115. The third kappa shape index (κ3) is 6.48. The molecule has 0 bridgehead atoms. The van der Waals surface area contributed by atoms with Crippen LogP contribution in [0.3, 0.4) is 0 Å². The van der Waals surface area contributed by atoms with Gasteiger partial charge in [-0.3, -0.25) is 4.79 Å². The van der Waals surface area contributed by atoms with Crippen molar-refractivity contribution in [3.63, 3.8) is 0 Å². The van der Waals surface area contributed by atoms with Crippen molar-refractivity contribution in [1.82, 2.24) is 14.8 Å². The summed E-state index contributed by atoms with van der Waals surface area (Å²) in [5, 5.41) is 7.24. The second kappa shape index (κ2) is 11.3. The number of carbonyl (C=O) groups excluding carboxylic acids is 1. The predicted octanol–water partition coefficient (Wildman–Crippen LogP) is 4.81. The summed E-state index contributed by atoms with van der Waals surface area (Å²) in [6.45, 7) is 3.14. The minimum atomic E-state index is -0.393. The van der Waals surface area contributed by atoms with Crippen molar-refractivity contribution in [2.45, 2.75) is 13.3 Å². The first-order valence-electron chi connectivity index (χ1n) is 11.1. The number of amides is 1. The second-order valence-electron chi connectivity index (χ2n) is 7.58. The van der Waals surface area contributed by atoms with Crippen molar-refractivity contribution >= 4 is 11.6 Å². The molecule has 0 fully saturated rings. The lowest BCUT2D eigenvalue weighted by Crippen LogP contribution is -2.14. The Hall–Kier alpha value is -4.11. The van der Waals surface area contributed by atoms with E-state index in [1.165, 1.54) is 24.3 Å². The van der Waals surface area contributed by atoms with Crippen molar-refractivity contribution in [2.75, 3.05) is 25.1 Å². The number of aromatic nitrogens is 3. The van der Waals surface area contributed by atoms with Crippen LogP contribution >= 0.6 is 0 Å². The van der Waals surface area contributed by atoms with Crippen molar-refractivity contribution in [3.8, 4) is 23.1 Å². The second-order valence-corrected chi connectivity index (χ2v) is 7.58. The van der Waals surface area contributed by atoms with Gasteiger partial charge in [0.05, 0.1) is 18.7 Å². The molecule has 9 heteroatoms. The summed E-state index contributed by atoms with van der Waals surface area (Å²) in [6, 6.07) is 19.0. The number of nitrogens with zero attached hydrogens (tertiary/aromatic N) is 3. The SMILES string of the molecule is CCOCCOc1nc(-c2cccc(F)c2)n(-c2ccc(NC(=O)Cc3ccc(F)cc3)cc2)n1. The van der Waals surface area contributed by atoms with Gasteiger partial charge in [-0.2, -0.15) is 4.98 Å². The smallest absolute Gasteiger partial charge is 0.336 e. The molecule has 7 nitrogen and oxygen atoms in total. The molecule has 0 spiro atoms. The fourth-order valence-corrected chi connectivity index (χ4v) is 3.36. The van der Waals surface area contributed by atoms with Gasteiger partial charge in [-0.05, 0) is 61.0 Å². The van der Waals surface area contributed by atoms with Crippen molar-refractivity contribution < 1.29 is 23.0 Å². The summed E-state index contributed by atoms with van der Waals surface area (Å²) in [6.07, 6.45) is 0.122. The molecule has 1 heterocycles. The summed E-state index contributed by atoms with van der Waals surface area (Å²) in [7, 11) is 0. The fraction of sp³-hybridized carbons (Fsp3) is 0.192. The number of hydrogen-bond acceptors (Lipinski definition) is 5. The number of carbonyl (C=O) groups is 1. The standard InChI is InChI=1S/C26H24F2N4O3/c1-2-34-14-15-35-26-30-25(19-4-3-5-21(28)17-19)32(31-26)23-12-10-22(11-13-23)29-24(33)16-18-6-8-20(27)9-7-18/h3-13,17H,2,14-16H2,1H3,(H,29,33). The van der Waals surface area contributed by atoms with E-state index in [1.54, 1.807) is 53.2 Å². The van der Waals surface area contributed by atoms with Gasteiger partial charge in [0, 0.05) is 17.9 Å². The molecule has 0 unspecified atom stereocenters. The summed E-state index contributed by atoms with van der Waals surface area (Å²) in [5.41, 5.74) is 2.47. The fourth-order valence-electron chi connectivity index (χ4n) is 3.36. The van der Waals surface area contributed by atoms with E-state index >= 15 is 0 Å². The summed E-state index contributed by atoms with van der Waals surface area (Å²) in [4.78, 5) is 16.8. The Labute approximate surface area is 201 Å². The van der Waals surface area contributed by atoms with Crippen LogP contribution in [0.2, 0.25) is 0 Å². The van der Waals surface area contributed by atoms with Crippen LogP contribution in [0.15, 0.2) is 72.8 Å². The topological polar surface area (TPSA) is 78.3 Å². The Morgan fingerprint density at radius 1 is 0.971 bits per heavy atom. The first-order valence-corrected chi connectivity index (χ1v) is 11.1. The van der Waals surface area contributed by atoms with Crippen molar-refractivity contribution in [1.29, 1.82) is 0 Å². The van der Waals surface area contributed by atoms with E-state index < -0.39 is 5.82 Å². The number of halogens is 2. The third-order valence-electron chi connectivity index (χ3n) is 5.01. The van der Waals surface area contributed by atoms with E-state index in [2.05, 4.69) is 15.4 Å². The van der Waals surface area contributed by atoms with Crippen molar-refractivity contribution in [2.24, 2.45) is 0 Å². The van der Waals surface area contributed by atoms with E-state index in [4.69, 9.17) is 9.47 Å². The van der Waals surface area contributed by atoms with Crippen LogP contribution in [0.25, 0.3) is 17.1 Å². The highest BCUT2D eigenvalue weighted by molar-refractivity contribution is 5.92. The molecule has 1 N–H and O–H groups in total. The molecule has 35 heavy (non-hydrogen) atoms. The molecule has 0 saturated heterocycles. The van der Waals surface area contributed by atoms with Gasteiger partial charge in [0.1, 0.15) is 18.2 Å². The number of benzene rings is 3. The summed E-state index contributed by atoms with van der Waals surface area (Å²) < 4.78 is 39.4. The van der Waals surface area contributed by atoms with Crippen LogP contribution < -0.4 is 10.1 Å². The van der Waals surface area contributed by atoms with Gasteiger partial charge in [0.2, 0.25) is 5.91 Å². The maximum Gasteiger partial charge on any atom is 0.336 e. The summed E-state index contributed by atoms with van der Waals surface area (Å²) in [5.74, 6) is -0.562. The molecule has 3 aromatic carbocycles. The minimum Gasteiger partial charge on any atom is -0.460 e. The number of rotatable bonds is 10. The third-order valence-corrected chi connectivity index (χ3v) is 5.01. The molecule has 0 atom stereocenters. The van der Waals surface area contributed by atoms with Gasteiger partial charge in [-0.25, -0.2) is 13.5 Å². The first-order chi connectivity index (χ1) is 17.0. The number of hydrogen-bond donors (Lipinski definition) is 1. The maximum absolute atomic E-state index is 13.9. The Morgan fingerprint density at radius 2 is 1.74 bits per heavy atom. The highest BCUT2D eigenvalue weighted by Crippen LogP contribution is 2.25. The van der Waals surface area contributed by atoms with Crippen LogP contribution in [0, 0.1) is 11.6 Å². The van der Waals surface area contributed by atoms with Crippen LogP contribution in [-0.4, -0.2) is 40.5 Å². The monoisotopic (exact) mass is 478 g/mol. The zero-order valence-electron chi connectivity index (χ0n) is 19.1. The molecule has 0 radical (unpaired) electrons. The average Bonchev–Trinajstić information content (AvgIpc) is 3.28. The molecular formula is C26H24F2N4O3. The van der Waals surface area contributed by atoms with Gasteiger partial charge in [0.25, 0.3) is 0 Å². The quantitative estimate of drug-likeness (QED) is 0.331. The van der Waals surface area contributed by atoms with Crippen LogP contribution in [0.5, 0.6) is 6.01 Å². The number of ether oxygens (including phenoxy) is 2. The van der Waals surface area contributed by atoms with E-state index in [-0.39, 0.29) is 30.8 Å². The lowest BCUT2D eigenvalue weighted by atomic mass is 10.1. The van der Waals surface area contributed by atoms with Crippen molar-refractivity contribution in [3.05, 3.63) is 90.0 Å². The van der Waals surface area contributed by atoms with Gasteiger partial charge in [0.15, 0.2) is 5.82 Å². The number of anilines is 1.